The third-order valence-electron chi connectivity index (χ3n) is 5.60. The first-order valence-electron chi connectivity index (χ1n) is 9.07. The molecule has 27 heavy (non-hydrogen) atoms. The number of fused-ring (bicyclic) bond motifs is 3. The first kappa shape index (κ1) is 17.6. The van der Waals surface area contributed by atoms with Crippen molar-refractivity contribution in [2.75, 3.05) is 0 Å². The van der Waals surface area contributed by atoms with Gasteiger partial charge in [0.05, 0.1) is 5.56 Å². The monoisotopic (exact) mass is 365 g/mol. The molecule has 3 aromatic carbocycles. The maximum Gasteiger partial charge on any atom is 0.141 e. The summed E-state index contributed by atoms with van der Waals surface area (Å²) in [6.45, 7) is 1.82. The number of rotatable bonds is 2. The molecule has 0 aromatic heterocycles. The van der Waals surface area contributed by atoms with E-state index in [-0.39, 0.29) is 12.0 Å². The summed E-state index contributed by atoms with van der Waals surface area (Å²) in [6, 6.07) is 15.5. The zero-order valence-electron chi connectivity index (χ0n) is 14.8. The summed E-state index contributed by atoms with van der Waals surface area (Å²) in [6.07, 6.45) is -1.78. The lowest BCUT2D eigenvalue weighted by Crippen LogP contribution is -2.28. The predicted octanol–water partition coefficient (Wildman–Crippen LogP) is 6.45. The molecule has 1 aliphatic carbocycles. The molecule has 3 aromatic rings. The predicted molar refractivity (Wildman–Crippen MR) is 100 cm³/mol. The van der Waals surface area contributed by atoms with Crippen LogP contribution in [0, 0.1) is 23.1 Å². The summed E-state index contributed by atoms with van der Waals surface area (Å²) in [5, 5.41) is 10.6. The summed E-state index contributed by atoms with van der Waals surface area (Å²) in [4.78, 5) is 0. The molecule has 1 unspecified atom stereocenters. The second-order valence-electron chi connectivity index (χ2n) is 7.07. The fourth-order valence-corrected chi connectivity index (χ4v) is 4.09. The smallest absolute Gasteiger partial charge is 0.141 e. The molecule has 136 valence electrons. The van der Waals surface area contributed by atoms with Crippen LogP contribution in [0.25, 0.3) is 21.9 Å². The average molecular weight is 365 g/mol. The SMILES string of the molecule is CC[C@H]1C(F)c2ccc3cc(-c4ccc(C#N)c(F)c4)ccc3c2C[C@@H]1F. The first-order valence-corrected chi connectivity index (χ1v) is 9.07. The van der Waals surface area contributed by atoms with Gasteiger partial charge in [-0.25, -0.2) is 13.2 Å². The lowest BCUT2D eigenvalue weighted by molar-refractivity contribution is 0.107. The minimum absolute atomic E-state index is 0.00191. The zero-order chi connectivity index (χ0) is 19.1. The largest absolute Gasteiger partial charge is 0.247 e. The Hall–Kier alpha value is -2.80. The number of nitriles is 1. The van der Waals surface area contributed by atoms with Crippen molar-refractivity contribution in [1.29, 1.82) is 5.26 Å². The molecule has 0 heterocycles. The average Bonchev–Trinajstić information content (AvgIpc) is 2.67. The molecular formula is C23H18F3N. The van der Waals surface area contributed by atoms with Gasteiger partial charge >= 0.3 is 0 Å². The standard InChI is InChI=1S/C23H18F3N/c1-2-17-22(25)11-20-18-7-5-13(9-15(18)6-8-19(20)23(17)26)14-3-4-16(12-27)21(24)10-14/h3-10,17,22-23H,2,11H2,1H3/t17-,22+,23?/m1/s1. The molecule has 1 nitrogen and oxygen atoms in total. The van der Waals surface area contributed by atoms with E-state index >= 15 is 0 Å². The van der Waals surface area contributed by atoms with Crippen LogP contribution in [0.2, 0.25) is 0 Å². The molecule has 1 aliphatic rings. The molecule has 0 aliphatic heterocycles. The molecule has 0 N–H and O–H groups in total. The van der Waals surface area contributed by atoms with Gasteiger partial charge in [0, 0.05) is 12.3 Å². The van der Waals surface area contributed by atoms with E-state index in [2.05, 4.69) is 0 Å². The third kappa shape index (κ3) is 2.88. The maximum absolute atomic E-state index is 14.8. The fraction of sp³-hybridized carbons (Fsp3) is 0.261. The lowest BCUT2D eigenvalue weighted by Gasteiger charge is -2.31. The Balaban J connectivity index is 1.81. The van der Waals surface area contributed by atoms with Crippen molar-refractivity contribution in [2.24, 2.45) is 5.92 Å². The highest BCUT2D eigenvalue weighted by molar-refractivity contribution is 5.91. The normalized spacial score (nSPS) is 21.7. The van der Waals surface area contributed by atoms with E-state index in [9.17, 15) is 13.2 Å². The molecule has 3 atom stereocenters. The third-order valence-corrected chi connectivity index (χ3v) is 5.60. The maximum atomic E-state index is 14.8. The molecule has 4 rings (SSSR count). The number of halogens is 3. The second-order valence-corrected chi connectivity index (χ2v) is 7.07. The van der Waals surface area contributed by atoms with Crippen molar-refractivity contribution in [2.45, 2.75) is 32.1 Å². The van der Waals surface area contributed by atoms with E-state index < -0.39 is 24.1 Å². The first-order chi connectivity index (χ1) is 13.0. The van der Waals surface area contributed by atoms with Crippen LogP contribution < -0.4 is 0 Å². The van der Waals surface area contributed by atoms with Gasteiger partial charge in [-0.05, 0) is 57.6 Å². The van der Waals surface area contributed by atoms with E-state index in [0.29, 0.717) is 17.5 Å². The minimum atomic E-state index is -1.29. The van der Waals surface area contributed by atoms with Crippen LogP contribution in [0.15, 0.2) is 48.5 Å². The number of alkyl halides is 2. The van der Waals surface area contributed by atoms with Gasteiger partial charge in [0.1, 0.15) is 24.2 Å². The molecule has 4 heteroatoms. The van der Waals surface area contributed by atoms with Crippen LogP contribution in [0.1, 0.15) is 36.2 Å². The van der Waals surface area contributed by atoms with E-state index in [1.54, 1.807) is 12.1 Å². The van der Waals surface area contributed by atoms with Crippen LogP contribution in [0.5, 0.6) is 0 Å². The highest BCUT2D eigenvalue weighted by Crippen LogP contribution is 2.43. The Labute approximate surface area is 156 Å². The minimum Gasteiger partial charge on any atom is -0.247 e. The van der Waals surface area contributed by atoms with Crippen LogP contribution >= 0.6 is 0 Å². The molecule has 0 amide bonds. The Kier molecular flexibility index (Phi) is 4.39. The highest BCUT2D eigenvalue weighted by Gasteiger charge is 2.36. The van der Waals surface area contributed by atoms with Crippen molar-refractivity contribution >= 4 is 10.8 Å². The highest BCUT2D eigenvalue weighted by atomic mass is 19.1. The lowest BCUT2D eigenvalue weighted by atomic mass is 9.78. The molecule has 0 radical (unpaired) electrons. The van der Waals surface area contributed by atoms with Gasteiger partial charge in [-0.15, -0.1) is 0 Å². The van der Waals surface area contributed by atoms with E-state index in [4.69, 9.17) is 5.26 Å². The summed E-state index contributed by atoms with van der Waals surface area (Å²) in [5.41, 5.74) is 2.77. The summed E-state index contributed by atoms with van der Waals surface area (Å²) >= 11 is 0. The van der Waals surface area contributed by atoms with E-state index in [1.807, 2.05) is 37.3 Å². The van der Waals surface area contributed by atoms with Crippen molar-refractivity contribution in [3.8, 4) is 17.2 Å². The van der Waals surface area contributed by atoms with E-state index in [0.717, 1.165) is 21.9 Å². The van der Waals surface area contributed by atoms with Gasteiger partial charge in [0.25, 0.3) is 0 Å². The molecule has 0 fully saturated rings. The summed E-state index contributed by atoms with van der Waals surface area (Å²) in [7, 11) is 0. The Morgan fingerprint density at radius 2 is 1.78 bits per heavy atom. The van der Waals surface area contributed by atoms with Crippen LogP contribution in [-0.2, 0) is 6.42 Å². The van der Waals surface area contributed by atoms with Crippen molar-refractivity contribution in [3.05, 3.63) is 71.0 Å². The van der Waals surface area contributed by atoms with Gasteiger partial charge in [0.15, 0.2) is 0 Å². The second kappa shape index (κ2) is 6.74. The zero-order valence-corrected chi connectivity index (χ0v) is 14.8. The van der Waals surface area contributed by atoms with Gasteiger partial charge in [-0.1, -0.05) is 37.3 Å². The van der Waals surface area contributed by atoms with Crippen molar-refractivity contribution in [3.63, 3.8) is 0 Å². The topological polar surface area (TPSA) is 23.8 Å². The molecule has 0 spiro atoms. The quantitative estimate of drug-likeness (QED) is 0.512. The van der Waals surface area contributed by atoms with Gasteiger partial charge in [-0.3, -0.25) is 0 Å². The van der Waals surface area contributed by atoms with Crippen LogP contribution in [-0.4, -0.2) is 6.17 Å². The molecule has 0 bridgehead atoms. The number of hydrogen-bond acceptors (Lipinski definition) is 1. The molecule has 0 saturated carbocycles. The van der Waals surface area contributed by atoms with Gasteiger partial charge in [0.2, 0.25) is 0 Å². The molecule has 0 saturated heterocycles. The number of benzene rings is 3. The van der Waals surface area contributed by atoms with Crippen LogP contribution in [0.3, 0.4) is 0 Å². The van der Waals surface area contributed by atoms with Gasteiger partial charge < -0.3 is 0 Å². The van der Waals surface area contributed by atoms with Crippen molar-refractivity contribution in [1.82, 2.24) is 0 Å². The fourth-order valence-electron chi connectivity index (χ4n) is 4.09. The van der Waals surface area contributed by atoms with Crippen LogP contribution in [0.4, 0.5) is 13.2 Å². The Bertz CT molecular complexity index is 1070. The number of nitrogens with zero attached hydrogens (tertiary/aromatic N) is 1. The Morgan fingerprint density at radius 1 is 1.04 bits per heavy atom. The van der Waals surface area contributed by atoms with E-state index in [1.165, 1.54) is 12.1 Å². The van der Waals surface area contributed by atoms with Gasteiger partial charge in [-0.2, -0.15) is 5.26 Å². The number of hydrogen-bond donors (Lipinski definition) is 0. The summed E-state index contributed by atoms with van der Waals surface area (Å²) < 4.78 is 43.2. The molecular weight excluding hydrogens is 347 g/mol. The van der Waals surface area contributed by atoms with Crippen molar-refractivity contribution < 1.29 is 13.2 Å². The Morgan fingerprint density at radius 3 is 2.48 bits per heavy atom. The summed E-state index contributed by atoms with van der Waals surface area (Å²) in [5.74, 6) is -1.15.